The minimum absolute atomic E-state index is 0.180. The summed E-state index contributed by atoms with van der Waals surface area (Å²) in [5, 5.41) is 12.2. The minimum Gasteiger partial charge on any atom is -0.479 e. The number of carbonyl (C=O) groups excluding carboxylic acids is 1. The fraction of sp³-hybridized carbons (Fsp3) is 0.417. The lowest BCUT2D eigenvalue weighted by atomic mass is 10.0. The Kier molecular flexibility index (Phi) is 3.04. The van der Waals surface area contributed by atoms with Gasteiger partial charge in [-0.05, 0) is 31.5 Å². The first-order chi connectivity index (χ1) is 7.99. The van der Waals surface area contributed by atoms with Crippen molar-refractivity contribution in [3.05, 3.63) is 23.8 Å². The zero-order valence-electron chi connectivity index (χ0n) is 9.81. The Hall–Kier alpha value is -1.59. The monoisotopic (exact) mass is 236 g/mol. The molecule has 5 heteroatoms. The average molecular weight is 236 g/mol. The average Bonchev–Trinajstić information content (AvgIpc) is 2.29. The van der Waals surface area contributed by atoms with E-state index in [1.54, 1.807) is 32.0 Å². The van der Waals surface area contributed by atoms with Crippen molar-refractivity contribution in [3.63, 3.8) is 0 Å². The van der Waals surface area contributed by atoms with E-state index >= 15 is 0 Å². The predicted molar refractivity (Wildman–Crippen MR) is 63.8 cm³/mol. The SMILES string of the molecule is CC1Oc2ccc(C(N)C(C)O)cc2NC1=O. The van der Waals surface area contributed by atoms with E-state index in [2.05, 4.69) is 5.32 Å². The maximum absolute atomic E-state index is 11.5. The number of hydrogen-bond acceptors (Lipinski definition) is 4. The number of nitrogens with two attached hydrogens (primary N) is 1. The summed E-state index contributed by atoms with van der Waals surface area (Å²) in [5.41, 5.74) is 7.19. The summed E-state index contributed by atoms with van der Waals surface area (Å²) < 4.78 is 5.42. The van der Waals surface area contributed by atoms with E-state index in [1.165, 1.54) is 0 Å². The number of nitrogens with one attached hydrogen (secondary N) is 1. The van der Waals surface area contributed by atoms with E-state index in [0.29, 0.717) is 11.4 Å². The standard InChI is InChI=1S/C12H16N2O3/c1-6(15)11(13)8-3-4-10-9(5-8)14-12(16)7(2)17-10/h3-7,11,15H,13H2,1-2H3,(H,14,16). The lowest BCUT2D eigenvalue weighted by Gasteiger charge is -2.25. The fourth-order valence-corrected chi connectivity index (χ4v) is 1.71. The summed E-state index contributed by atoms with van der Waals surface area (Å²) >= 11 is 0. The number of aliphatic hydroxyl groups excluding tert-OH is 1. The molecule has 0 radical (unpaired) electrons. The van der Waals surface area contributed by atoms with E-state index in [9.17, 15) is 9.90 Å². The van der Waals surface area contributed by atoms with E-state index in [0.717, 1.165) is 5.56 Å². The second-order valence-electron chi connectivity index (χ2n) is 4.27. The third kappa shape index (κ3) is 2.25. The predicted octanol–water partition coefficient (Wildman–Crippen LogP) is 0.787. The lowest BCUT2D eigenvalue weighted by molar-refractivity contribution is -0.122. The van der Waals surface area contributed by atoms with Crippen LogP contribution in [0.5, 0.6) is 5.75 Å². The molecule has 5 nitrogen and oxygen atoms in total. The highest BCUT2D eigenvalue weighted by Crippen LogP contribution is 2.32. The van der Waals surface area contributed by atoms with Gasteiger partial charge in [0.2, 0.25) is 0 Å². The third-order valence-corrected chi connectivity index (χ3v) is 2.84. The minimum atomic E-state index is -0.646. The molecule has 1 aliphatic rings. The molecule has 1 heterocycles. The van der Waals surface area contributed by atoms with Crippen molar-refractivity contribution in [3.8, 4) is 5.75 Å². The summed E-state index contributed by atoms with van der Waals surface area (Å²) in [6, 6.07) is 4.80. The number of aliphatic hydroxyl groups is 1. The molecule has 1 aromatic carbocycles. The van der Waals surface area contributed by atoms with Gasteiger partial charge in [0, 0.05) is 0 Å². The van der Waals surface area contributed by atoms with E-state index in [-0.39, 0.29) is 5.91 Å². The Labute approximate surface area is 99.6 Å². The second-order valence-corrected chi connectivity index (χ2v) is 4.27. The first kappa shape index (κ1) is 11.9. The van der Waals surface area contributed by atoms with Crippen molar-refractivity contribution in [1.29, 1.82) is 0 Å². The van der Waals surface area contributed by atoms with Crippen LogP contribution in [-0.4, -0.2) is 23.2 Å². The number of amides is 1. The smallest absolute Gasteiger partial charge is 0.265 e. The van der Waals surface area contributed by atoms with Crippen LogP contribution in [0.3, 0.4) is 0 Å². The van der Waals surface area contributed by atoms with Gasteiger partial charge in [-0.2, -0.15) is 0 Å². The van der Waals surface area contributed by atoms with Crippen molar-refractivity contribution in [2.75, 3.05) is 5.32 Å². The number of anilines is 1. The van der Waals surface area contributed by atoms with Gasteiger partial charge in [-0.15, -0.1) is 0 Å². The summed E-state index contributed by atoms with van der Waals surface area (Å²) in [5.74, 6) is 0.443. The van der Waals surface area contributed by atoms with Crippen LogP contribution in [0, 0.1) is 0 Å². The topological polar surface area (TPSA) is 84.6 Å². The molecule has 0 spiro atoms. The quantitative estimate of drug-likeness (QED) is 0.708. The zero-order valence-corrected chi connectivity index (χ0v) is 9.81. The van der Waals surface area contributed by atoms with Gasteiger partial charge in [0.15, 0.2) is 6.10 Å². The van der Waals surface area contributed by atoms with Crippen LogP contribution in [0.2, 0.25) is 0 Å². The molecule has 1 aromatic rings. The number of ether oxygens (including phenoxy) is 1. The number of benzene rings is 1. The molecule has 0 fully saturated rings. The van der Waals surface area contributed by atoms with E-state index in [1.807, 2.05) is 0 Å². The number of carbonyl (C=O) groups is 1. The van der Waals surface area contributed by atoms with Crippen molar-refractivity contribution < 1.29 is 14.6 Å². The van der Waals surface area contributed by atoms with Gasteiger partial charge >= 0.3 is 0 Å². The number of rotatable bonds is 2. The van der Waals surface area contributed by atoms with Crippen LogP contribution in [0.1, 0.15) is 25.5 Å². The third-order valence-electron chi connectivity index (χ3n) is 2.84. The van der Waals surface area contributed by atoms with Crippen molar-refractivity contribution in [2.24, 2.45) is 5.73 Å². The molecule has 3 unspecified atom stereocenters. The highest BCUT2D eigenvalue weighted by Gasteiger charge is 2.24. The Bertz CT molecular complexity index is 445. The summed E-state index contributed by atoms with van der Waals surface area (Å²) in [4.78, 5) is 11.5. The van der Waals surface area contributed by atoms with Gasteiger partial charge in [0.25, 0.3) is 5.91 Å². The molecule has 0 saturated carbocycles. The van der Waals surface area contributed by atoms with Gasteiger partial charge < -0.3 is 20.9 Å². The molecule has 0 saturated heterocycles. The molecule has 3 atom stereocenters. The fourth-order valence-electron chi connectivity index (χ4n) is 1.71. The number of hydrogen-bond donors (Lipinski definition) is 3. The van der Waals surface area contributed by atoms with Crippen LogP contribution < -0.4 is 15.8 Å². The highest BCUT2D eigenvalue weighted by molar-refractivity contribution is 5.97. The maximum Gasteiger partial charge on any atom is 0.265 e. The molecule has 0 bridgehead atoms. The molecular weight excluding hydrogens is 220 g/mol. The van der Waals surface area contributed by atoms with Crippen molar-refractivity contribution >= 4 is 11.6 Å². The van der Waals surface area contributed by atoms with Crippen LogP contribution >= 0.6 is 0 Å². The highest BCUT2D eigenvalue weighted by atomic mass is 16.5. The summed E-state index contributed by atoms with van der Waals surface area (Å²) in [6.45, 7) is 3.31. The first-order valence-corrected chi connectivity index (χ1v) is 5.54. The van der Waals surface area contributed by atoms with Crippen LogP contribution in [-0.2, 0) is 4.79 Å². The van der Waals surface area contributed by atoms with Crippen LogP contribution in [0.25, 0.3) is 0 Å². The molecule has 4 N–H and O–H groups in total. The Morgan fingerprint density at radius 3 is 2.88 bits per heavy atom. The summed E-state index contributed by atoms with van der Waals surface area (Å²) in [7, 11) is 0. The first-order valence-electron chi connectivity index (χ1n) is 5.54. The largest absolute Gasteiger partial charge is 0.479 e. The van der Waals surface area contributed by atoms with Gasteiger partial charge in [-0.25, -0.2) is 0 Å². The molecule has 1 aliphatic heterocycles. The van der Waals surface area contributed by atoms with E-state index in [4.69, 9.17) is 10.5 Å². The van der Waals surface area contributed by atoms with Crippen LogP contribution in [0.4, 0.5) is 5.69 Å². The molecule has 2 rings (SSSR count). The lowest BCUT2D eigenvalue weighted by Crippen LogP contribution is -2.34. The molecule has 17 heavy (non-hydrogen) atoms. The molecule has 0 aromatic heterocycles. The van der Waals surface area contributed by atoms with E-state index < -0.39 is 18.2 Å². The zero-order chi connectivity index (χ0) is 12.6. The Morgan fingerprint density at radius 2 is 2.24 bits per heavy atom. The molecule has 0 aliphatic carbocycles. The van der Waals surface area contributed by atoms with Crippen molar-refractivity contribution in [1.82, 2.24) is 0 Å². The molecule has 92 valence electrons. The number of fused-ring (bicyclic) bond motifs is 1. The molecule has 1 amide bonds. The van der Waals surface area contributed by atoms with Crippen LogP contribution in [0.15, 0.2) is 18.2 Å². The van der Waals surface area contributed by atoms with Gasteiger partial charge in [0.1, 0.15) is 5.75 Å². The maximum atomic E-state index is 11.5. The van der Waals surface area contributed by atoms with Gasteiger partial charge in [0.05, 0.1) is 17.8 Å². The van der Waals surface area contributed by atoms with Gasteiger partial charge in [-0.1, -0.05) is 6.07 Å². The second kappa shape index (κ2) is 4.35. The normalized spacial score (nSPS) is 22.1. The summed E-state index contributed by atoms with van der Waals surface area (Å²) in [6.07, 6.45) is -1.13. The van der Waals surface area contributed by atoms with Crippen molar-refractivity contribution in [2.45, 2.75) is 32.1 Å². The molecular formula is C12H16N2O3. The Morgan fingerprint density at radius 1 is 1.53 bits per heavy atom. The Balaban J connectivity index is 2.32. The van der Waals surface area contributed by atoms with Gasteiger partial charge in [-0.3, -0.25) is 4.79 Å².